The van der Waals surface area contributed by atoms with E-state index >= 15 is 0 Å². The minimum atomic E-state index is -0.414. The van der Waals surface area contributed by atoms with E-state index in [4.69, 9.17) is 10.5 Å². The van der Waals surface area contributed by atoms with E-state index in [9.17, 15) is 4.79 Å². The van der Waals surface area contributed by atoms with Crippen molar-refractivity contribution in [2.24, 2.45) is 11.7 Å². The zero-order chi connectivity index (χ0) is 11.2. The molecule has 1 saturated carbocycles. The maximum atomic E-state index is 11.8. The molecule has 2 N–H and O–H groups in total. The molecule has 4 nitrogen and oxygen atoms in total. The van der Waals surface area contributed by atoms with Crippen molar-refractivity contribution in [2.75, 3.05) is 6.54 Å². The minimum Gasteiger partial charge on any atom is -0.444 e. The summed E-state index contributed by atoms with van der Waals surface area (Å²) in [6, 6.07) is 0.362. The van der Waals surface area contributed by atoms with Gasteiger partial charge in [0.25, 0.3) is 0 Å². The van der Waals surface area contributed by atoms with Crippen LogP contribution in [0.15, 0.2) is 0 Å². The highest BCUT2D eigenvalue weighted by Crippen LogP contribution is 2.37. The fraction of sp³-hybridized carbons (Fsp3) is 0.909. The summed E-state index contributed by atoms with van der Waals surface area (Å²) in [7, 11) is 0. The fourth-order valence-corrected chi connectivity index (χ4v) is 2.61. The van der Waals surface area contributed by atoms with E-state index in [2.05, 4.69) is 0 Å². The van der Waals surface area contributed by atoms with E-state index in [0.29, 0.717) is 5.92 Å². The number of carbonyl (C=O) groups excluding carboxylic acids is 1. The molecule has 1 aliphatic heterocycles. The van der Waals surface area contributed by atoms with Crippen LogP contribution in [0.2, 0.25) is 0 Å². The lowest BCUT2D eigenvalue weighted by atomic mass is 10.1. The van der Waals surface area contributed by atoms with Gasteiger partial charge in [-0.1, -0.05) is 0 Å². The molecule has 1 saturated heterocycles. The summed E-state index contributed by atoms with van der Waals surface area (Å²) in [6.45, 7) is 6.49. The van der Waals surface area contributed by atoms with Gasteiger partial charge in [0, 0.05) is 12.6 Å². The van der Waals surface area contributed by atoms with Gasteiger partial charge in [0.2, 0.25) is 0 Å². The number of nitrogens with two attached hydrogens (primary N) is 1. The van der Waals surface area contributed by atoms with Crippen molar-refractivity contribution in [3.8, 4) is 0 Å². The summed E-state index contributed by atoms with van der Waals surface area (Å²) < 4.78 is 5.35. The van der Waals surface area contributed by atoms with Crippen molar-refractivity contribution < 1.29 is 9.53 Å². The van der Waals surface area contributed by atoms with Crippen molar-refractivity contribution in [3.63, 3.8) is 0 Å². The Morgan fingerprint density at radius 2 is 2.00 bits per heavy atom. The normalized spacial score (nSPS) is 32.5. The highest BCUT2D eigenvalue weighted by molar-refractivity contribution is 5.85. The van der Waals surface area contributed by atoms with Gasteiger partial charge >= 0.3 is 6.09 Å². The Kier molecular flexibility index (Phi) is 3.75. The topological polar surface area (TPSA) is 55.6 Å². The maximum absolute atomic E-state index is 11.8. The molecule has 0 aromatic rings. The second-order valence-corrected chi connectivity index (χ2v) is 5.70. The molecule has 0 aromatic heterocycles. The van der Waals surface area contributed by atoms with Crippen LogP contribution in [0.3, 0.4) is 0 Å². The van der Waals surface area contributed by atoms with Crippen LogP contribution in [-0.2, 0) is 4.74 Å². The summed E-state index contributed by atoms with van der Waals surface area (Å²) in [6.07, 6.45) is 1.91. The summed E-state index contributed by atoms with van der Waals surface area (Å²) in [5, 5.41) is 0. The van der Waals surface area contributed by atoms with E-state index < -0.39 is 5.60 Å². The number of carbonyl (C=O) groups is 1. The lowest BCUT2D eigenvalue weighted by molar-refractivity contribution is 0.0172. The van der Waals surface area contributed by atoms with Crippen LogP contribution in [0.5, 0.6) is 0 Å². The average molecular weight is 249 g/mol. The van der Waals surface area contributed by atoms with E-state index in [0.717, 1.165) is 19.4 Å². The first-order valence-corrected chi connectivity index (χ1v) is 5.62. The Hall–Kier alpha value is -0.480. The summed E-state index contributed by atoms with van der Waals surface area (Å²) >= 11 is 0. The molecule has 2 bridgehead atoms. The monoisotopic (exact) mass is 248 g/mol. The lowest BCUT2D eigenvalue weighted by Gasteiger charge is -2.33. The molecule has 0 spiro atoms. The molecule has 2 aliphatic rings. The zero-order valence-corrected chi connectivity index (χ0v) is 10.9. The molecule has 94 valence electrons. The van der Waals surface area contributed by atoms with Crippen LogP contribution >= 0.6 is 12.4 Å². The van der Waals surface area contributed by atoms with Gasteiger partial charge in [0.05, 0.1) is 6.04 Å². The molecule has 0 aromatic carbocycles. The zero-order valence-electron chi connectivity index (χ0n) is 10.1. The van der Waals surface area contributed by atoms with Crippen molar-refractivity contribution in [1.29, 1.82) is 0 Å². The van der Waals surface area contributed by atoms with E-state index in [-0.39, 0.29) is 30.6 Å². The first kappa shape index (κ1) is 13.6. The molecule has 0 radical (unpaired) electrons. The number of hydrogen-bond donors (Lipinski definition) is 1. The molecule has 5 heteroatoms. The molecule has 2 rings (SSSR count). The number of ether oxygens (including phenoxy) is 1. The third-order valence-electron chi connectivity index (χ3n) is 3.16. The van der Waals surface area contributed by atoms with Crippen LogP contribution < -0.4 is 5.73 Å². The van der Waals surface area contributed by atoms with E-state index in [1.807, 2.05) is 25.7 Å². The molecule has 1 heterocycles. The highest BCUT2D eigenvalue weighted by atomic mass is 35.5. The molecular formula is C11H21ClN2O2. The van der Waals surface area contributed by atoms with Gasteiger partial charge in [-0.2, -0.15) is 0 Å². The van der Waals surface area contributed by atoms with Crippen LogP contribution in [-0.4, -0.2) is 35.2 Å². The number of rotatable bonds is 0. The lowest BCUT2D eigenvalue weighted by Crippen LogP contribution is -2.49. The van der Waals surface area contributed by atoms with Crippen LogP contribution in [0.25, 0.3) is 0 Å². The van der Waals surface area contributed by atoms with Crippen molar-refractivity contribution in [2.45, 2.75) is 51.3 Å². The Labute approximate surface area is 103 Å². The maximum Gasteiger partial charge on any atom is 0.410 e. The number of likely N-dealkylation sites (tertiary alicyclic amines) is 1. The quantitative estimate of drug-likeness (QED) is 0.711. The van der Waals surface area contributed by atoms with Gasteiger partial charge in [0.1, 0.15) is 5.60 Å². The van der Waals surface area contributed by atoms with Gasteiger partial charge in [-0.25, -0.2) is 4.79 Å². The smallest absolute Gasteiger partial charge is 0.410 e. The van der Waals surface area contributed by atoms with Crippen LogP contribution in [0, 0.1) is 5.92 Å². The van der Waals surface area contributed by atoms with Gasteiger partial charge in [-0.15, -0.1) is 12.4 Å². The van der Waals surface area contributed by atoms with E-state index in [1.54, 1.807) is 0 Å². The average Bonchev–Trinajstić information content (AvgIpc) is 2.58. The Morgan fingerprint density at radius 3 is 2.44 bits per heavy atom. The number of amides is 1. The highest BCUT2D eigenvalue weighted by Gasteiger charge is 2.46. The predicted octanol–water partition coefficient (Wildman–Crippen LogP) is 1.76. The fourth-order valence-electron chi connectivity index (χ4n) is 2.61. The second kappa shape index (κ2) is 4.41. The number of fused-ring (bicyclic) bond motifs is 2. The molecule has 1 amide bonds. The summed E-state index contributed by atoms with van der Waals surface area (Å²) in [5.74, 6) is 0.595. The molecule has 3 atom stereocenters. The minimum absolute atomic E-state index is 0. The Morgan fingerprint density at radius 1 is 1.38 bits per heavy atom. The van der Waals surface area contributed by atoms with Gasteiger partial charge in [-0.3, -0.25) is 0 Å². The number of piperidine rings is 1. The number of halogens is 1. The van der Waals surface area contributed by atoms with Crippen LogP contribution in [0.1, 0.15) is 33.6 Å². The largest absolute Gasteiger partial charge is 0.444 e. The van der Waals surface area contributed by atoms with Crippen LogP contribution in [0.4, 0.5) is 4.79 Å². The summed E-state index contributed by atoms with van der Waals surface area (Å²) in [5.41, 5.74) is 5.55. The predicted molar refractivity (Wildman–Crippen MR) is 64.7 cm³/mol. The van der Waals surface area contributed by atoms with Crippen molar-refractivity contribution in [1.82, 2.24) is 4.90 Å². The Balaban J connectivity index is 0.00000128. The molecule has 16 heavy (non-hydrogen) atoms. The van der Waals surface area contributed by atoms with Gasteiger partial charge in [0.15, 0.2) is 0 Å². The molecule has 1 aliphatic carbocycles. The van der Waals surface area contributed by atoms with Gasteiger partial charge in [-0.05, 0) is 39.5 Å². The van der Waals surface area contributed by atoms with Crippen molar-refractivity contribution >= 4 is 18.5 Å². The third kappa shape index (κ3) is 2.61. The van der Waals surface area contributed by atoms with Gasteiger partial charge < -0.3 is 15.4 Å². The standard InChI is InChI=1S/C11H20N2O2.ClH/c1-11(2,3)15-10(14)13-6-7-4-8(12)9(13)5-7;/h7-9H,4-6,12H2,1-3H3;1H. The molecular weight excluding hydrogens is 228 g/mol. The first-order chi connectivity index (χ1) is 6.87. The molecule has 2 fully saturated rings. The second-order valence-electron chi connectivity index (χ2n) is 5.70. The molecule has 3 unspecified atom stereocenters. The van der Waals surface area contributed by atoms with Crippen molar-refractivity contribution in [3.05, 3.63) is 0 Å². The Bertz CT molecular complexity index is 278. The SMILES string of the molecule is CC(C)(C)OC(=O)N1CC2CC(N)C1C2.Cl. The summed E-state index contributed by atoms with van der Waals surface area (Å²) in [4.78, 5) is 13.7. The first-order valence-electron chi connectivity index (χ1n) is 5.62. The number of hydrogen-bond acceptors (Lipinski definition) is 3. The third-order valence-corrected chi connectivity index (χ3v) is 3.16. The number of nitrogens with zero attached hydrogens (tertiary/aromatic N) is 1. The van der Waals surface area contributed by atoms with E-state index in [1.165, 1.54) is 0 Å².